The van der Waals surface area contributed by atoms with Gasteiger partial charge in [0.1, 0.15) is 34.6 Å². The van der Waals surface area contributed by atoms with Crippen LogP contribution in [0.3, 0.4) is 0 Å². The molecule has 73 heavy (non-hydrogen) atoms. The molecule has 5 aromatic heterocycles. The van der Waals surface area contributed by atoms with Crippen LogP contribution in [0.2, 0.25) is 0 Å². The van der Waals surface area contributed by atoms with Crippen molar-refractivity contribution < 1.29 is 75.0 Å². The van der Waals surface area contributed by atoms with Gasteiger partial charge in [0.25, 0.3) is 5.91 Å². The van der Waals surface area contributed by atoms with Crippen LogP contribution in [0.25, 0.3) is 33.8 Å². The Kier molecular flexibility index (Phi) is 15.6. The third kappa shape index (κ3) is 12.7. The van der Waals surface area contributed by atoms with Crippen LogP contribution < -0.4 is 16.4 Å². The number of nitrogens with two attached hydrogens (primary N) is 1. The summed E-state index contributed by atoms with van der Waals surface area (Å²) in [6.45, 7) is -0.333. The van der Waals surface area contributed by atoms with Gasteiger partial charge in [0.2, 0.25) is 0 Å². The number of halogens is 16. The smallest absolute Gasteiger partial charge is 0.396 e. The topological polar surface area (TPSA) is 146 Å². The first-order valence-corrected chi connectivity index (χ1v) is 20.1. The van der Waals surface area contributed by atoms with E-state index < -0.39 is 93.5 Å². The van der Waals surface area contributed by atoms with Crippen LogP contribution in [0.15, 0.2) is 97.6 Å². The summed E-state index contributed by atoms with van der Waals surface area (Å²) in [5.74, 6) is -7.96. The van der Waals surface area contributed by atoms with E-state index in [1.54, 1.807) is 0 Å². The molecule has 0 fully saturated rings. The molecule has 0 aliphatic carbocycles. The van der Waals surface area contributed by atoms with Crippen molar-refractivity contribution in [2.45, 2.75) is 25.1 Å². The molecule has 4 N–H and O–H groups in total. The molecule has 0 saturated heterocycles. The van der Waals surface area contributed by atoms with Gasteiger partial charge in [0.15, 0.2) is 28.7 Å². The van der Waals surface area contributed by atoms with Crippen LogP contribution in [0.5, 0.6) is 0 Å². The van der Waals surface area contributed by atoms with Crippen LogP contribution in [-0.2, 0) is 46.2 Å². The van der Waals surface area contributed by atoms with Gasteiger partial charge >= 0.3 is 18.5 Å². The van der Waals surface area contributed by atoms with Gasteiger partial charge in [-0.3, -0.25) is 28.8 Å². The Hall–Kier alpha value is -8.46. The molecule has 5 heterocycles. The van der Waals surface area contributed by atoms with Crippen LogP contribution in [-0.4, -0.2) is 45.2 Å². The van der Waals surface area contributed by atoms with E-state index in [0.29, 0.717) is 12.4 Å². The number of nitrogen functional groups attached to an aromatic ring is 1. The normalized spacial score (nSPS) is 11.7. The molecule has 1 amide bonds. The molecule has 0 atom stereocenters. The first-order valence-electron chi connectivity index (χ1n) is 20.1. The van der Waals surface area contributed by atoms with Crippen molar-refractivity contribution in [2.75, 3.05) is 16.4 Å². The average molecular weight is 1050 g/mol. The highest BCUT2D eigenvalue weighted by Gasteiger charge is 2.37. The Labute approximate surface area is 399 Å². The lowest BCUT2D eigenvalue weighted by atomic mass is 10.1. The molecule has 0 aliphatic heterocycles. The average Bonchev–Trinajstić information content (AvgIpc) is 4.02. The van der Waals surface area contributed by atoms with Gasteiger partial charge in [-0.25, -0.2) is 30.7 Å². The van der Waals surface area contributed by atoms with Crippen LogP contribution in [0, 0.1) is 40.7 Å². The lowest BCUT2D eigenvalue weighted by Gasteiger charge is -2.10. The van der Waals surface area contributed by atoms with E-state index in [1.165, 1.54) is 51.5 Å². The van der Waals surface area contributed by atoms with E-state index in [0.717, 1.165) is 68.9 Å². The fraction of sp³-hybridized carbons (Fsp3) is 0.156. The number of nitrogens with zero attached hydrogens (tertiary/aromatic N) is 8. The first-order chi connectivity index (χ1) is 34.0. The SMILES string of the molecule is Cn1nc(C(F)(F)F)cc1-c1ccc(N)c(F)c1.Cn1nc(C(F)(F)F)cc1-c1ccc(NC(=O)c2c(F)cncc2F)c(F)c1.Cn1nc(C(F)(F)F)cc1-c1ccc(NCc2c(F)cncc2F)c(F)c1. The van der Waals surface area contributed by atoms with E-state index >= 15 is 0 Å². The summed E-state index contributed by atoms with van der Waals surface area (Å²) in [7, 11) is 3.93. The van der Waals surface area contributed by atoms with Gasteiger partial charge in [-0.15, -0.1) is 0 Å². The Morgan fingerprint density at radius 3 is 1.21 bits per heavy atom. The van der Waals surface area contributed by atoms with E-state index in [9.17, 15) is 75.0 Å². The number of carbonyl (C=O) groups is 1. The van der Waals surface area contributed by atoms with Crippen LogP contribution in [0.1, 0.15) is 33.0 Å². The molecule has 8 aromatic rings. The van der Waals surface area contributed by atoms with E-state index in [4.69, 9.17) is 5.73 Å². The Morgan fingerprint density at radius 1 is 0.493 bits per heavy atom. The Balaban J connectivity index is 0.000000183. The fourth-order valence-corrected chi connectivity index (χ4v) is 6.51. The third-order valence-electron chi connectivity index (χ3n) is 10.1. The second kappa shape index (κ2) is 21.1. The molecule has 384 valence electrons. The maximum absolute atomic E-state index is 14.3. The van der Waals surface area contributed by atoms with Gasteiger partial charge in [0, 0.05) is 49.9 Å². The summed E-state index contributed by atoms with van der Waals surface area (Å²) in [6, 6.07) is 13.0. The van der Waals surface area contributed by atoms with Gasteiger partial charge in [-0.2, -0.15) is 54.8 Å². The first kappa shape index (κ1) is 53.9. The lowest BCUT2D eigenvalue weighted by molar-refractivity contribution is -0.142. The summed E-state index contributed by atoms with van der Waals surface area (Å²) in [4.78, 5) is 18.6. The standard InChI is InChI=1S/C17H10F6N4O.C17H12F6N4.C11H9F4N3/c1-27-13(5-14(26-27)17(21,22)23)8-2-3-12(9(18)4-8)25-16(28)15-10(19)6-24-7-11(15)20;1-27-15(5-16(26-27)17(21,22)23)9-2-3-14(11(18)4-9)25-6-10-12(19)7-24-8-13(10)20;1-18-9(5-10(17-18)11(13,14)15)6-2-3-8(16)7(12)4-6/h2-7H,1H3,(H,25,28);2-5,7-8,25H,6H2,1H3;2-5H,16H2,1H3. The van der Waals surface area contributed by atoms with Crippen molar-refractivity contribution in [1.82, 2.24) is 39.3 Å². The van der Waals surface area contributed by atoms with Gasteiger partial charge in [-0.1, -0.05) is 18.2 Å². The molecule has 0 saturated carbocycles. The quantitative estimate of drug-likeness (QED) is 0.101. The van der Waals surface area contributed by atoms with Crippen molar-refractivity contribution >= 4 is 23.0 Å². The minimum Gasteiger partial charge on any atom is -0.396 e. The number of pyridine rings is 2. The Bertz CT molecular complexity index is 3260. The number of benzene rings is 3. The number of hydrogen-bond donors (Lipinski definition) is 3. The predicted molar refractivity (Wildman–Crippen MR) is 229 cm³/mol. The summed E-state index contributed by atoms with van der Waals surface area (Å²) in [6.07, 6.45) is -10.9. The van der Waals surface area contributed by atoms with Crippen LogP contribution in [0.4, 0.5) is 87.3 Å². The zero-order chi connectivity index (χ0) is 53.9. The summed E-state index contributed by atoms with van der Waals surface area (Å²) in [5, 5.41) is 14.6. The maximum atomic E-state index is 14.3. The molecule has 0 radical (unpaired) electrons. The number of anilines is 3. The zero-order valence-corrected chi connectivity index (χ0v) is 37.1. The van der Waals surface area contributed by atoms with E-state index in [1.807, 2.05) is 5.32 Å². The number of rotatable bonds is 8. The molecule has 0 spiro atoms. The van der Waals surface area contributed by atoms with Crippen LogP contribution >= 0.6 is 0 Å². The largest absolute Gasteiger partial charge is 0.435 e. The van der Waals surface area contributed by atoms with E-state index in [-0.39, 0.29) is 57.3 Å². The van der Waals surface area contributed by atoms with Crippen molar-refractivity contribution in [3.05, 3.63) is 167 Å². The molecule has 8 rings (SSSR count). The molecule has 28 heteroatoms. The molecule has 0 bridgehead atoms. The lowest BCUT2D eigenvalue weighted by Crippen LogP contribution is -2.17. The van der Waals surface area contributed by atoms with Crippen molar-refractivity contribution in [2.24, 2.45) is 21.1 Å². The summed E-state index contributed by atoms with van der Waals surface area (Å²) >= 11 is 0. The molecule has 12 nitrogen and oxygen atoms in total. The highest BCUT2D eigenvalue weighted by atomic mass is 19.4. The molecular weight excluding hydrogens is 1010 g/mol. The number of carbonyl (C=O) groups excluding carboxylic acids is 1. The third-order valence-corrected chi connectivity index (χ3v) is 10.1. The number of amides is 1. The number of aryl methyl sites for hydroxylation is 3. The number of nitrogens with one attached hydrogen (secondary N) is 2. The number of aromatic nitrogens is 8. The van der Waals surface area contributed by atoms with Crippen molar-refractivity contribution in [3.8, 4) is 33.8 Å². The number of hydrogen-bond acceptors (Lipinski definition) is 8. The van der Waals surface area contributed by atoms with Gasteiger partial charge in [0.05, 0.1) is 58.9 Å². The second-order valence-corrected chi connectivity index (χ2v) is 15.1. The van der Waals surface area contributed by atoms with Crippen molar-refractivity contribution in [1.29, 1.82) is 0 Å². The fourth-order valence-electron chi connectivity index (χ4n) is 6.51. The molecule has 0 aliphatic rings. The molecule has 3 aromatic carbocycles. The molecular formula is C45H31F16N11O. The monoisotopic (exact) mass is 1050 g/mol. The highest BCUT2D eigenvalue weighted by molar-refractivity contribution is 6.04. The van der Waals surface area contributed by atoms with Gasteiger partial charge in [-0.05, 0) is 54.6 Å². The molecule has 0 unspecified atom stereocenters. The maximum Gasteiger partial charge on any atom is 0.435 e. The summed E-state index contributed by atoms with van der Waals surface area (Å²) in [5.41, 5.74) is 0.989. The van der Waals surface area contributed by atoms with E-state index in [2.05, 4.69) is 30.6 Å². The van der Waals surface area contributed by atoms with Gasteiger partial charge < -0.3 is 16.4 Å². The minimum absolute atomic E-state index is 0.0182. The Morgan fingerprint density at radius 2 is 0.849 bits per heavy atom. The zero-order valence-electron chi connectivity index (χ0n) is 37.1. The minimum atomic E-state index is -4.67. The predicted octanol–water partition coefficient (Wildman–Crippen LogP) is 11.5. The number of alkyl halides is 9. The summed E-state index contributed by atoms with van der Waals surface area (Å²) < 4.78 is 213. The van der Waals surface area contributed by atoms with Crippen molar-refractivity contribution in [3.63, 3.8) is 0 Å². The second-order valence-electron chi connectivity index (χ2n) is 15.1. The highest BCUT2D eigenvalue weighted by Crippen LogP contribution is 2.35.